The summed E-state index contributed by atoms with van der Waals surface area (Å²) in [6.07, 6.45) is 2.09. The van der Waals surface area contributed by atoms with Crippen molar-refractivity contribution in [2.75, 3.05) is 18.8 Å². The number of carbonyl (C=O) groups is 2. The van der Waals surface area contributed by atoms with Crippen molar-refractivity contribution in [3.63, 3.8) is 0 Å². The summed E-state index contributed by atoms with van der Waals surface area (Å²) < 4.78 is 13.4. The van der Waals surface area contributed by atoms with Crippen molar-refractivity contribution in [3.05, 3.63) is 30.1 Å². The molecule has 1 N–H and O–H groups in total. The van der Waals surface area contributed by atoms with Crippen LogP contribution in [0.1, 0.15) is 12.8 Å². The topological polar surface area (TPSA) is 57.6 Å². The van der Waals surface area contributed by atoms with E-state index < -0.39 is 5.97 Å². The summed E-state index contributed by atoms with van der Waals surface area (Å²) in [4.78, 5) is 24.6. The van der Waals surface area contributed by atoms with Gasteiger partial charge in [0.1, 0.15) is 12.4 Å². The maximum absolute atomic E-state index is 13.4. The molecule has 4 nitrogen and oxygen atoms in total. The third kappa shape index (κ3) is 4.52. The van der Waals surface area contributed by atoms with E-state index in [2.05, 4.69) is 0 Å². The number of carbonyl (C=O) groups excluding carboxylic acids is 1. The van der Waals surface area contributed by atoms with Crippen LogP contribution in [0, 0.1) is 11.7 Å². The highest BCUT2D eigenvalue weighted by molar-refractivity contribution is 8.00. The quantitative estimate of drug-likeness (QED) is 0.784. The van der Waals surface area contributed by atoms with Crippen molar-refractivity contribution in [2.24, 2.45) is 5.92 Å². The lowest BCUT2D eigenvalue weighted by molar-refractivity contribution is -0.143. The minimum Gasteiger partial charge on any atom is -0.480 e. The third-order valence-corrected chi connectivity index (χ3v) is 4.08. The molecule has 1 aliphatic rings. The number of hydrogen-bond donors (Lipinski definition) is 1. The van der Waals surface area contributed by atoms with Gasteiger partial charge in [0.2, 0.25) is 5.91 Å². The second-order valence-corrected chi connectivity index (χ2v) is 5.85. The zero-order valence-corrected chi connectivity index (χ0v) is 11.7. The van der Waals surface area contributed by atoms with Crippen LogP contribution in [-0.2, 0) is 9.59 Å². The van der Waals surface area contributed by atoms with Gasteiger partial charge in [-0.05, 0) is 30.9 Å². The zero-order chi connectivity index (χ0) is 14.5. The second kappa shape index (κ2) is 6.74. The molecule has 0 atom stereocenters. The van der Waals surface area contributed by atoms with Crippen LogP contribution in [0.25, 0.3) is 0 Å². The van der Waals surface area contributed by atoms with E-state index in [0.29, 0.717) is 17.4 Å². The number of carboxylic acids is 1. The van der Waals surface area contributed by atoms with Crippen molar-refractivity contribution < 1.29 is 19.1 Å². The fourth-order valence-electron chi connectivity index (χ4n) is 1.82. The van der Waals surface area contributed by atoms with Crippen LogP contribution in [0.4, 0.5) is 4.39 Å². The molecule has 0 unspecified atom stereocenters. The Bertz CT molecular complexity index is 505. The molecule has 1 fully saturated rings. The van der Waals surface area contributed by atoms with Crippen molar-refractivity contribution in [2.45, 2.75) is 17.7 Å². The molecule has 1 saturated carbocycles. The highest BCUT2D eigenvalue weighted by atomic mass is 32.2. The maximum atomic E-state index is 13.4. The molecule has 0 bridgehead atoms. The Balaban J connectivity index is 1.90. The van der Waals surface area contributed by atoms with Crippen LogP contribution in [-0.4, -0.2) is 40.7 Å². The number of amides is 1. The molecule has 0 heterocycles. The van der Waals surface area contributed by atoms with Gasteiger partial charge in [0, 0.05) is 11.4 Å². The van der Waals surface area contributed by atoms with Gasteiger partial charge >= 0.3 is 5.97 Å². The van der Waals surface area contributed by atoms with E-state index in [1.165, 1.54) is 11.0 Å². The van der Waals surface area contributed by atoms with Crippen molar-refractivity contribution in [1.82, 2.24) is 4.90 Å². The fourth-order valence-corrected chi connectivity index (χ4v) is 2.66. The molecule has 1 aromatic carbocycles. The normalized spacial score (nSPS) is 14.1. The number of rotatable bonds is 7. The van der Waals surface area contributed by atoms with Crippen molar-refractivity contribution in [1.29, 1.82) is 0 Å². The van der Waals surface area contributed by atoms with Crippen LogP contribution in [0.3, 0.4) is 0 Å². The van der Waals surface area contributed by atoms with E-state index in [1.807, 2.05) is 0 Å². The number of thioether (sulfide) groups is 1. The van der Waals surface area contributed by atoms with Gasteiger partial charge < -0.3 is 10.0 Å². The SMILES string of the molecule is O=C(O)CN(CC1CC1)C(=O)CSc1ccccc1F. The summed E-state index contributed by atoms with van der Waals surface area (Å²) in [6.45, 7) is 0.204. The predicted octanol–water partition coefficient (Wildman–Crippen LogP) is 2.24. The van der Waals surface area contributed by atoms with E-state index in [9.17, 15) is 14.0 Å². The molecule has 0 aromatic heterocycles. The van der Waals surface area contributed by atoms with Crippen LogP contribution >= 0.6 is 11.8 Å². The second-order valence-electron chi connectivity index (χ2n) is 4.83. The van der Waals surface area contributed by atoms with Crippen LogP contribution < -0.4 is 0 Å². The van der Waals surface area contributed by atoms with Gasteiger partial charge in [0.15, 0.2) is 0 Å². The molecule has 0 spiro atoms. The first-order valence-electron chi connectivity index (χ1n) is 6.43. The van der Waals surface area contributed by atoms with Crippen molar-refractivity contribution >= 4 is 23.6 Å². The number of benzene rings is 1. The van der Waals surface area contributed by atoms with Gasteiger partial charge in [-0.15, -0.1) is 11.8 Å². The highest BCUT2D eigenvalue weighted by Crippen LogP contribution is 2.30. The lowest BCUT2D eigenvalue weighted by atomic mass is 10.3. The van der Waals surface area contributed by atoms with Gasteiger partial charge in [-0.25, -0.2) is 4.39 Å². The molecule has 1 aliphatic carbocycles. The van der Waals surface area contributed by atoms with Gasteiger partial charge in [0.25, 0.3) is 0 Å². The van der Waals surface area contributed by atoms with Crippen LogP contribution in [0.15, 0.2) is 29.2 Å². The molecule has 6 heteroatoms. The average Bonchev–Trinajstić information content (AvgIpc) is 3.20. The Kier molecular flexibility index (Phi) is 5.00. The van der Waals surface area contributed by atoms with E-state index in [-0.39, 0.29) is 24.0 Å². The lowest BCUT2D eigenvalue weighted by Crippen LogP contribution is -2.38. The van der Waals surface area contributed by atoms with Crippen molar-refractivity contribution in [3.8, 4) is 0 Å². The van der Waals surface area contributed by atoms with Crippen LogP contribution in [0.5, 0.6) is 0 Å². The molecular formula is C14H16FNO3S. The number of hydrogen-bond acceptors (Lipinski definition) is 3. The Morgan fingerprint density at radius 2 is 2.05 bits per heavy atom. The smallest absolute Gasteiger partial charge is 0.323 e. The summed E-state index contributed by atoms with van der Waals surface area (Å²) in [6, 6.07) is 6.24. The minimum atomic E-state index is -1.02. The molecule has 0 aliphatic heterocycles. The number of halogens is 1. The summed E-state index contributed by atoms with van der Waals surface area (Å²) in [5.41, 5.74) is 0. The van der Waals surface area contributed by atoms with E-state index in [4.69, 9.17) is 5.11 Å². The van der Waals surface area contributed by atoms with Crippen LogP contribution in [0.2, 0.25) is 0 Å². The molecule has 2 rings (SSSR count). The van der Waals surface area contributed by atoms with Gasteiger partial charge in [-0.2, -0.15) is 0 Å². The minimum absolute atomic E-state index is 0.0565. The first-order valence-corrected chi connectivity index (χ1v) is 7.41. The molecule has 0 radical (unpaired) electrons. The summed E-state index contributed by atoms with van der Waals surface area (Å²) in [5, 5.41) is 8.83. The standard InChI is InChI=1S/C14H16FNO3S/c15-11-3-1-2-4-12(11)20-9-13(17)16(8-14(18)19)7-10-5-6-10/h1-4,10H,5-9H2,(H,18,19). The van der Waals surface area contributed by atoms with E-state index >= 15 is 0 Å². The summed E-state index contributed by atoms with van der Waals surface area (Å²) in [5.74, 6) is -1.16. The van der Waals surface area contributed by atoms with Gasteiger partial charge in [0.05, 0.1) is 5.75 Å². The number of nitrogens with zero attached hydrogens (tertiary/aromatic N) is 1. The monoisotopic (exact) mass is 297 g/mol. The zero-order valence-electron chi connectivity index (χ0n) is 10.9. The average molecular weight is 297 g/mol. The van der Waals surface area contributed by atoms with E-state index in [1.54, 1.807) is 18.2 Å². The molecule has 20 heavy (non-hydrogen) atoms. The fraction of sp³-hybridized carbons (Fsp3) is 0.429. The number of aliphatic carboxylic acids is 1. The van der Waals surface area contributed by atoms with E-state index in [0.717, 1.165) is 24.6 Å². The van der Waals surface area contributed by atoms with Gasteiger partial charge in [-0.1, -0.05) is 12.1 Å². The summed E-state index contributed by atoms with van der Waals surface area (Å²) in [7, 11) is 0. The Morgan fingerprint density at radius 3 is 2.65 bits per heavy atom. The molecule has 1 amide bonds. The molecule has 1 aromatic rings. The Hall–Kier alpha value is -1.56. The largest absolute Gasteiger partial charge is 0.480 e. The first-order chi connectivity index (χ1) is 9.56. The first kappa shape index (κ1) is 14.8. The lowest BCUT2D eigenvalue weighted by Gasteiger charge is -2.20. The summed E-state index contributed by atoms with van der Waals surface area (Å²) >= 11 is 1.10. The molecule has 108 valence electrons. The predicted molar refractivity (Wildman–Crippen MR) is 74.1 cm³/mol. The molecular weight excluding hydrogens is 281 g/mol. The Morgan fingerprint density at radius 1 is 1.35 bits per heavy atom. The number of carboxylic acid groups (broad SMARTS) is 1. The third-order valence-electron chi connectivity index (χ3n) is 3.04. The maximum Gasteiger partial charge on any atom is 0.323 e. The highest BCUT2D eigenvalue weighted by Gasteiger charge is 2.27. The van der Waals surface area contributed by atoms with Gasteiger partial charge in [-0.3, -0.25) is 9.59 Å². The Labute approximate surface area is 121 Å². The molecule has 0 saturated heterocycles.